The van der Waals surface area contributed by atoms with Crippen LogP contribution in [-0.2, 0) is 4.79 Å². The van der Waals surface area contributed by atoms with Gasteiger partial charge < -0.3 is 10.3 Å². The van der Waals surface area contributed by atoms with Gasteiger partial charge in [-0.1, -0.05) is 30.7 Å². The van der Waals surface area contributed by atoms with E-state index in [4.69, 9.17) is 11.6 Å². The van der Waals surface area contributed by atoms with Gasteiger partial charge in [-0.15, -0.1) is 11.3 Å². The van der Waals surface area contributed by atoms with Crippen molar-refractivity contribution in [2.45, 2.75) is 19.3 Å². The first kappa shape index (κ1) is 17.7. The van der Waals surface area contributed by atoms with Crippen LogP contribution in [0.2, 0.25) is 5.02 Å². The Hall–Kier alpha value is -2.70. The highest BCUT2D eigenvalue weighted by Gasteiger charge is 2.13. The molecule has 27 heavy (non-hydrogen) atoms. The number of anilines is 1. The van der Waals surface area contributed by atoms with E-state index < -0.39 is 0 Å². The second-order valence-corrected chi connectivity index (χ2v) is 7.55. The van der Waals surface area contributed by atoms with Crippen molar-refractivity contribution in [3.8, 4) is 11.5 Å². The SMILES string of the molecule is CC(CC(=O)Nc1ccc2nc(-c3cscn3)[nH]c2c1)c1cccc(Cl)c1. The van der Waals surface area contributed by atoms with E-state index in [0.717, 1.165) is 33.8 Å². The summed E-state index contributed by atoms with van der Waals surface area (Å²) in [4.78, 5) is 24.5. The minimum absolute atomic E-state index is 0.0407. The maximum atomic E-state index is 12.4. The lowest BCUT2D eigenvalue weighted by Crippen LogP contribution is -2.14. The number of aromatic nitrogens is 3. The van der Waals surface area contributed by atoms with Gasteiger partial charge in [0.05, 0.1) is 16.5 Å². The summed E-state index contributed by atoms with van der Waals surface area (Å²) in [5.41, 5.74) is 6.07. The molecular weight excluding hydrogens is 380 g/mol. The highest BCUT2D eigenvalue weighted by molar-refractivity contribution is 7.07. The lowest BCUT2D eigenvalue weighted by Gasteiger charge is -2.12. The van der Waals surface area contributed by atoms with E-state index in [1.807, 2.05) is 54.8 Å². The average Bonchev–Trinajstić information content (AvgIpc) is 3.30. The van der Waals surface area contributed by atoms with Crippen LogP contribution in [0, 0.1) is 0 Å². The zero-order valence-electron chi connectivity index (χ0n) is 14.6. The number of rotatable bonds is 5. The molecule has 4 rings (SSSR count). The van der Waals surface area contributed by atoms with Crippen LogP contribution >= 0.6 is 22.9 Å². The Morgan fingerprint density at radius 2 is 2.19 bits per heavy atom. The number of nitrogens with one attached hydrogen (secondary N) is 2. The molecule has 0 saturated carbocycles. The van der Waals surface area contributed by atoms with Crippen LogP contribution in [0.3, 0.4) is 0 Å². The number of H-pyrrole nitrogens is 1. The van der Waals surface area contributed by atoms with E-state index in [-0.39, 0.29) is 11.8 Å². The highest BCUT2D eigenvalue weighted by Crippen LogP contribution is 2.25. The highest BCUT2D eigenvalue weighted by atomic mass is 35.5. The van der Waals surface area contributed by atoms with Gasteiger partial charge in [0.2, 0.25) is 5.91 Å². The third kappa shape index (κ3) is 4.02. The van der Waals surface area contributed by atoms with Crippen LogP contribution in [0.4, 0.5) is 5.69 Å². The summed E-state index contributed by atoms with van der Waals surface area (Å²) < 4.78 is 0. The fourth-order valence-electron chi connectivity index (χ4n) is 2.96. The summed E-state index contributed by atoms with van der Waals surface area (Å²) in [7, 11) is 0. The van der Waals surface area contributed by atoms with Gasteiger partial charge in [0.25, 0.3) is 0 Å². The third-order valence-electron chi connectivity index (χ3n) is 4.35. The van der Waals surface area contributed by atoms with Crippen LogP contribution in [-0.4, -0.2) is 20.9 Å². The maximum Gasteiger partial charge on any atom is 0.224 e. The zero-order valence-corrected chi connectivity index (χ0v) is 16.1. The molecule has 2 aromatic heterocycles. The molecule has 0 bridgehead atoms. The molecule has 0 fully saturated rings. The first-order valence-electron chi connectivity index (χ1n) is 8.52. The average molecular weight is 397 g/mol. The number of carbonyl (C=O) groups excluding carboxylic acids is 1. The predicted molar refractivity (Wildman–Crippen MR) is 110 cm³/mol. The molecule has 0 aliphatic rings. The molecule has 0 radical (unpaired) electrons. The topological polar surface area (TPSA) is 70.7 Å². The first-order valence-corrected chi connectivity index (χ1v) is 9.84. The molecule has 1 amide bonds. The summed E-state index contributed by atoms with van der Waals surface area (Å²) in [6.07, 6.45) is 0.380. The summed E-state index contributed by atoms with van der Waals surface area (Å²) in [5, 5.41) is 5.58. The van der Waals surface area contributed by atoms with Crippen LogP contribution in [0.25, 0.3) is 22.6 Å². The minimum Gasteiger partial charge on any atom is -0.337 e. The smallest absolute Gasteiger partial charge is 0.224 e. The maximum absolute atomic E-state index is 12.4. The molecule has 0 spiro atoms. The molecule has 0 aliphatic heterocycles. The second kappa shape index (κ2) is 7.50. The van der Waals surface area contributed by atoms with Gasteiger partial charge >= 0.3 is 0 Å². The number of fused-ring (bicyclic) bond motifs is 1. The molecule has 2 heterocycles. The van der Waals surface area contributed by atoms with Gasteiger partial charge in [0, 0.05) is 22.5 Å². The van der Waals surface area contributed by atoms with Crippen LogP contribution in [0.5, 0.6) is 0 Å². The second-order valence-electron chi connectivity index (χ2n) is 6.40. The van der Waals surface area contributed by atoms with Gasteiger partial charge in [-0.2, -0.15) is 0 Å². The number of amides is 1. The Bertz CT molecular complexity index is 1090. The molecule has 5 nitrogen and oxygen atoms in total. The lowest BCUT2D eigenvalue weighted by atomic mass is 9.97. The number of benzene rings is 2. The van der Waals surface area contributed by atoms with Gasteiger partial charge in [0.1, 0.15) is 5.69 Å². The molecular formula is C20H17ClN4OS. The Morgan fingerprint density at radius 1 is 1.30 bits per heavy atom. The molecule has 7 heteroatoms. The largest absolute Gasteiger partial charge is 0.337 e. The third-order valence-corrected chi connectivity index (χ3v) is 5.17. The number of hydrogen-bond donors (Lipinski definition) is 2. The van der Waals surface area contributed by atoms with E-state index in [1.54, 1.807) is 5.51 Å². The van der Waals surface area contributed by atoms with Crippen molar-refractivity contribution in [2.75, 3.05) is 5.32 Å². The van der Waals surface area contributed by atoms with Crippen molar-refractivity contribution in [3.63, 3.8) is 0 Å². The van der Waals surface area contributed by atoms with Crippen molar-refractivity contribution in [1.82, 2.24) is 15.0 Å². The fourth-order valence-corrected chi connectivity index (χ4v) is 3.69. The van der Waals surface area contributed by atoms with E-state index >= 15 is 0 Å². The van der Waals surface area contributed by atoms with E-state index in [0.29, 0.717) is 11.4 Å². The molecule has 4 aromatic rings. The van der Waals surface area contributed by atoms with Crippen LogP contribution < -0.4 is 5.32 Å². The normalized spacial score (nSPS) is 12.2. The summed E-state index contributed by atoms with van der Waals surface area (Å²) in [6.45, 7) is 2.02. The fraction of sp³-hybridized carbons (Fsp3) is 0.150. The molecule has 2 N–H and O–H groups in total. The van der Waals surface area contributed by atoms with Crippen molar-refractivity contribution in [2.24, 2.45) is 0 Å². The summed E-state index contributed by atoms with van der Waals surface area (Å²) >= 11 is 7.56. The molecule has 1 atom stereocenters. The minimum atomic E-state index is -0.0407. The number of thiazole rings is 1. The number of hydrogen-bond acceptors (Lipinski definition) is 4. The van der Waals surface area contributed by atoms with Crippen molar-refractivity contribution < 1.29 is 4.79 Å². The predicted octanol–water partition coefficient (Wildman–Crippen LogP) is 5.47. The lowest BCUT2D eigenvalue weighted by molar-refractivity contribution is -0.116. The number of halogens is 1. The van der Waals surface area contributed by atoms with Gasteiger partial charge in [0.15, 0.2) is 5.82 Å². The Morgan fingerprint density at radius 3 is 2.96 bits per heavy atom. The van der Waals surface area contributed by atoms with Crippen LogP contribution in [0.1, 0.15) is 24.8 Å². The summed E-state index contributed by atoms with van der Waals surface area (Å²) in [6, 6.07) is 13.2. The molecule has 136 valence electrons. The van der Waals surface area contributed by atoms with E-state index in [2.05, 4.69) is 20.3 Å². The number of nitrogens with zero attached hydrogens (tertiary/aromatic N) is 2. The number of imidazole rings is 1. The van der Waals surface area contributed by atoms with Gasteiger partial charge in [-0.25, -0.2) is 9.97 Å². The molecule has 1 unspecified atom stereocenters. The molecule has 2 aromatic carbocycles. The first-order chi connectivity index (χ1) is 13.1. The van der Waals surface area contributed by atoms with Gasteiger partial charge in [-0.05, 0) is 41.8 Å². The van der Waals surface area contributed by atoms with Gasteiger partial charge in [-0.3, -0.25) is 4.79 Å². The monoisotopic (exact) mass is 396 g/mol. The van der Waals surface area contributed by atoms with Crippen molar-refractivity contribution in [1.29, 1.82) is 0 Å². The Labute approximate surface area is 165 Å². The summed E-state index contributed by atoms with van der Waals surface area (Å²) in [5.74, 6) is 0.765. The van der Waals surface area contributed by atoms with E-state index in [9.17, 15) is 4.79 Å². The Kier molecular flexibility index (Phi) is 4.92. The molecule has 0 saturated heterocycles. The standard InChI is InChI=1S/C20H17ClN4OS/c1-12(13-3-2-4-14(21)8-13)7-19(26)23-15-5-6-16-17(9-15)25-20(24-16)18-10-27-11-22-18/h2-6,8-12H,7H2,1H3,(H,23,26)(H,24,25). The Balaban J connectivity index is 1.47. The van der Waals surface area contributed by atoms with Crippen molar-refractivity contribution >= 4 is 45.6 Å². The number of aromatic amines is 1. The zero-order chi connectivity index (χ0) is 18.8. The van der Waals surface area contributed by atoms with E-state index in [1.165, 1.54) is 11.3 Å². The quantitative estimate of drug-likeness (QED) is 0.469. The van der Waals surface area contributed by atoms with Crippen LogP contribution in [0.15, 0.2) is 53.4 Å². The molecule has 0 aliphatic carbocycles. The number of carbonyl (C=O) groups is 1. The van der Waals surface area contributed by atoms with Crippen molar-refractivity contribution in [3.05, 3.63) is 63.9 Å².